The number of nitrogens with zero attached hydrogens (tertiary/aromatic N) is 3. The second-order valence-electron chi connectivity index (χ2n) is 9.38. The molecule has 0 atom stereocenters. The Labute approximate surface area is 195 Å². The number of amidine groups is 1. The summed E-state index contributed by atoms with van der Waals surface area (Å²) in [5.74, 6) is -0.0148. The number of carbonyl (C=O) groups is 1. The summed E-state index contributed by atoms with van der Waals surface area (Å²) in [6.45, 7) is 13.3. The van der Waals surface area contributed by atoms with Crippen molar-refractivity contribution in [3.05, 3.63) is 70.1 Å². The first kappa shape index (κ1) is 22.4. The van der Waals surface area contributed by atoms with Gasteiger partial charge in [0.15, 0.2) is 5.17 Å². The topological polar surface area (TPSA) is 35.9 Å². The molecule has 0 unspecified atom stereocenters. The number of hydrogen-bond acceptors (Lipinski definition) is 4. The van der Waals surface area contributed by atoms with Crippen LogP contribution in [0, 0.1) is 6.92 Å². The lowest BCUT2D eigenvalue weighted by Gasteiger charge is -2.46. The zero-order valence-corrected chi connectivity index (χ0v) is 20.7. The van der Waals surface area contributed by atoms with Crippen molar-refractivity contribution in [3.63, 3.8) is 0 Å². The van der Waals surface area contributed by atoms with E-state index in [1.165, 1.54) is 28.6 Å². The van der Waals surface area contributed by atoms with Gasteiger partial charge in [-0.25, -0.2) is 4.99 Å². The smallest absolute Gasteiger partial charge is 0.266 e. The number of anilines is 1. The van der Waals surface area contributed by atoms with Crippen LogP contribution in [0.25, 0.3) is 11.6 Å². The summed E-state index contributed by atoms with van der Waals surface area (Å²) in [4.78, 5) is 22.4. The lowest BCUT2D eigenvalue weighted by Crippen LogP contribution is -2.49. The maximum absolute atomic E-state index is 12.9. The number of aryl methyl sites for hydroxylation is 1. The molecule has 4 rings (SSSR count). The summed E-state index contributed by atoms with van der Waals surface area (Å²) in [6.07, 6.45) is 4.36. The Balaban J connectivity index is 1.74. The van der Waals surface area contributed by atoms with Crippen molar-refractivity contribution in [1.82, 2.24) is 4.90 Å². The average molecular weight is 446 g/mol. The van der Waals surface area contributed by atoms with E-state index in [0.29, 0.717) is 16.1 Å². The molecule has 4 nitrogen and oxygen atoms in total. The van der Waals surface area contributed by atoms with Crippen molar-refractivity contribution in [3.8, 4) is 0 Å². The Hall–Kier alpha value is -2.79. The van der Waals surface area contributed by atoms with Gasteiger partial charge >= 0.3 is 0 Å². The van der Waals surface area contributed by atoms with Crippen LogP contribution in [0.15, 0.2) is 58.4 Å². The third-order valence-electron chi connectivity index (χ3n) is 6.05. The fourth-order valence-corrected chi connectivity index (χ4v) is 5.69. The molecule has 2 heterocycles. The molecule has 0 aromatic heterocycles. The van der Waals surface area contributed by atoms with E-state index in [4.69, 9.17) is 0 Å². The van der Waals surface area contributed by atoms with Crippen LogP contribution in [-0.4, -0.2) is 34.6 Å². The monoisotopic (exact) mass is 445 g/mol. The molecule has 166 valence electrons. The van der Waals surface area contributed by atoms with E-state index < -0.39 is 0 Å². The van der Waals surface area contributed by atoms with Gasteiger partial charge in [0.25, 0.3) is 5.91 Å². The van der Waals surface area contributed by atoms with Gasteiger partial charge in [-0.15, -0.1) is 0 Å². The number of benzene rings is 2. The van der Waals surface area contributed by atoms with Gasteiger partial charge in [0.2, 0.25) is 0 Å². The van der Waals surface area contributed by atoms with Gasteiger partial charge in [-0.2, -0.15) is 0 Å². The van der Waals surface area contributed by atoms with Gasteiger partial charge in [0, 0.05) is 24.3 Å². The standard InChI is InChI=1S/C27H31N3OS/c1-17(2)30-23-13-18(3)20(14-22(23)19(4)16-27(30,5)6)15-24-25(31)29(7)26(32-24)28-21-11-9-8-10-12-21/h8-17H,1-7H3/b24-15-,28-26?. The summed E-state index contributed by atoms with van der Waals surface area (Å²) in [7, 11) is 1.78. The third kappa shape index (κ3) is 4.02. The molecule has 0 aliphatic carbocycles. The molecule has 1 saturated heterocycles. The van der Waals surface area contributed by atoms with Crippen LogP contribution >= 0.6 is 11.8 Å². The molecule has 0 radical (unpaired) electrons. The first-order valence-electron chi connectivity index (χ1n) is 11.0. The Morgan fingerprint density at radius 1 is 1.09 bits per heavy atom. The first-order chi connectivity index (χ1) is 15.1. The SMILES string of the molecule is CC1=CC(C)(C)N(C(C)C)c2cc(C)c(/C=C3\SC(=Nc4ccccc4)N(C)C3=O)cc21. The average Bonchev–Trinajstić information content (AvgIpc) is 2.97. The molecule has 32 heavy (non-hydrogen) atoms. The second-order valence-corrected chi connectivity index (χ2v) is 10.4. The largest absolute Gasteiger partial charge is 0.360 e. The summed E-state index contributed by atoms with van der Waals surface area (Å²) >= 11 is 1.43. The van der Waals surface area contributed by atoms with Crippen LogP contribution in [0.1, 0.15) is 51.3 Å². The fourth-order valence-electron chi connectivity index (χ4n) is 4.72. The van der Waals surface area contributed by atoms with Crippen molar-refractivity contribution in [2.75, 3.05) is 11.9 Å². The van der Waals surface area contributed by atoms with Crippen LogP contribution in [0.2, 0.25) is 0 Å². The van der Waals surface area contributed by atoms with Gasteiger partial charge in [-0.1, -0.05) is 24.3 Å². The molecule has 0 spiro atoms. The van der Waals surface area contributed by atoms with Gasteiger partial charge in [0.1, 0.15) is 0 Å². The predicted octanol–water partition coefficient (Wildman–Crippen LogP) is 6.64. The highest BCUT2D eigenvalue weighted by Gasteiger charge is 2.34. The molecule has 1 amide bonds. The lowest BCUT2D eigenvalue weighted by molar-refractivity contribution is -0.121. The van der Waals surface area contributed by atoms with E-state index in [1.807, 2.05) is 36.4 Å². The maximum atomic E-state index is 12.9. The van der Waals surface area contributed by atoms with E-state index in [2.05, 4.69) is 69.6 Å². The van der Waals surface area contributed by atoms with Gasteiger partial charge in [0.05, 0.1) is 16.1 Å². The Morgan fingerprint density at radius 2 is 1.78 bits per heavy atom. The molecule has 2 aliphatic rings. The van der Waals surface area contributed by atoms with Crippen molar-refractivity contribution in [1.29, 1.82) is 0 Å². The van der Waals surface area contributed by atoms with Crippen molar-refractivity contribution in [2.45, 2.75) is 53.1 Å². The minimum Gasteiger partial charge on any atom is -0.360 e. The van der Waals surface area contributed by atoms with Crippen molar-refractivity contribution in [2.24, 2.45) is 4.99 Å². The van der Waals surface area contributed by atoms with E-state index in [9.17, 15) is 4.79 Å². The second kappa shape index (κ2) is 8.28. The molecular weight excluding hydrogens is 414 g/mol. The number of likely N-dealkylation sites (N-methyl/N-ethyl adjacent to an activating group) is 1. The number of carbonyl (C=O) groups excluding carboxylic acids is 1. The minimum atomic E-state index is -0.0412. The predicted molar refractivity (Wildman–Crippen MR) is 138 cm³/mol. The third-order valence-corrected chi connectivity index (χ3v) is 7.11. The van der Waals surface area contributed by atoms with Crippen LogP contribution in [0.3, 0.4) is 0 Å². The molecule has 2 aromatic carbocycles. The summed E-state index contributed by atoms with van der Waals surface area (Å²) in [5.41, 5.74) is 6.81. The number of hydrogen-bond donors (Lipinski definition) is 0. The highest BCUT2D eigenvalue weighted by atomic mass is 32.2. The fraction of sp³-hybridized carbons (Fsp3) is 0.333. The molecule has 2 aromatic rings. The van der Waals surface area contributed by atoms with Crippen LogP contribution < -0.4 is 4.90 Å². The summed E-state index contributed by atoms with van der Waals surface area (Å²) in [6, 6.07) is 14.6. The van der Waals surface area contributed by atoms with Crippen LogP contribution in [0.4, 0.5) is 11.4 Å². The molecule has 0 bridgehead atoms. The number of amides is 1. The quantitative estimate of drug-likeness (QED) is 0.497. The van der Waals surface area contributed by atoms with Crippen LogP contribution in [-0.2, 0) is 4.79 Å². The lowest BCUT2D eigenvalue weighted by atomic mass is 9.86. The van der Waals surface area contributed by atoms with Gasteiger partial charge in [-0.3, -0.25) is 9.69 Å². The normalized spacial score (nSPS) is 20.4. The minimum absolute atomic E-state index is 0.0148. The van der Waals surface area contributed by atoms with E-state index in [-0.39, 0.29) is 11.4 Å². The number of allylic oxidation sites excluding steroid dienone is 1. The van der Waals surface area contributed by atoms with Gasteiger partial charge in [-0.05, 0) is 100 Å². The number of rotatable bonds is 3. The Morgan fingerprint density at radius 3 is 2.44 bits per heavy atom. The number of para-hydroxylation sites is 1. The number of fused-ring (bicyclic) bond motifs is 1. The van der Waals surface area contributed by atoms with E-state index >= 15 is 0 Å². The molecule has 5 heteroatoms. The van der Waals surface area contributed by atoms with Crippen molar-refractivity contribution < 1.29 is 4.79 Å². The Bertz CT molecular complexity index is 1160. The molecule has 0 N–H and O–H groups in total. The highest BCUT2D eigenvalue weighted by Crippen LogP contribution is 2.42. The van der Waals surface area contributed by atoms with E-state index in [0.717, 1.165) is 16.8 Å². The maximum Gasteiger partial charge on any atom is 0.266 e. The van der Waals surface area contributed by atoms with E-state index in [1.54, 1.807) is 11.9 Å². The molecule has 2 aliphatic heterocycles. The highest BCUT2D eigenvalue weighted by molar-refractivity contribution is 8.18. The number of aliphatic imine (C=N–C) groups is 1. The van der Waals surface area contributed by atoms with Crippen molar-refractivity contribution >= 4 is 45.9 Å². The molecular formula is C27H31N3OS. The molecule has 0 saturated carbocycles. The first-order valence-corrected chi connectivity index (χ1v) is 11.9. The zero-order chi connectivity index (χ0) is 23.2. The number of thioether (sulfide) groups is 1. The van der Waals surface area contributed by atoms with Gasteiger partial charge < -0.3 is 4.90 Å². The zero-order valence-electron chi connectivity index (χ0n) is 19.9. The summed E-state index contributed by atoms with van der Waals surface area (Å²) in [5, 5.41) is 0.701. The molecule has 1 fully saturated rings. The Kier molecular flexibility index (Phi) is 5.80. The summed E-state index contributed by atoms with van der Waals surface area (Å²) < 4.78 is 0. The van der Waals surface area contributed by atoms with Crippen LogP contribution in [0.5, 0.6) is 0 Å².